The molecule has 1 aromatic carbocycles. The van der Waals surface area contributed by atoms with E-state index in [4.69, 9.17) is 0 Å². The molecule has 96 valence electrons. The minimum Gasteiger partial charge on any atom is -0.310 e. The zero-order valence-electron chi connectivity index (χ0n) is 10.7. The molecule has 0 saturated carbocycles. The van der Waals surface area contributed by atoms with Crippen LogP contribution in [0.3, 0.4) is 0 Å². The monoisotopic (exact) mass is 263 g/mol. The number of halogens is 1. The molecule has 0 aliphatic heterocycles. The predicted molar refractivity (Wildman–Crippen MR) is 76.4 cm³/mol. The maximum absolute atomic E-state index is 13.4. The second kappa shape index (κ2) is 6.12. The highest BCUT2D eigenvalue weighted by atomic mass is 32.1. The molecular weight excluding hydrogens is 245 g/mol. The van der Waals surface area contributed by atoms with E-state index in [0.29, 0.717) is 0 Å². The van der Waals surface area contributed by atoms with Crippen LogP contribution < -0.4 is 5.32 Å². The van der Waals surface area contributed by atoms with Gasteiger partial charge in [-0.05, 0) is 65.5 Å². The van der Waals surface area contributed by atoms with Crippen molar-refractivity contribution >= 4 is 11.3 Å². The lowest BCUT2D eigenvalue weighted by Crippen LogP contribution is -2.19. The van der Waals surface area contributed by atoms with E-state index in [0.717, 1.165) is 29.7 Å². The highest BCUT2D eigenvalue weighted by molar-refractivity contribution is 7.08. The molecule has 1 N–H and O–H groups in total. The summed E-state index contributed by atoms with van der Waals surface area (Å²) in [5.41, 5.74) is 3.25. The van der Waals surface area contributed by atoms with Crippen molar-refractivity contribution in [2.75, 3.05) is 6.54 Å². The van der Waals surface area contributed by atoms with Gasteiger partial charge in [0.05, 0.1) is 0 Å². The van der Waals surface area contributed by atoms with Crippen LogP contribution in [0.1, 0.15) is 31.9 Å². The first kappa shape index (κ1) is 13.2. The SMILES string of the molecule is CCCNC(C)c1ccc(F)cc1-c1ccsc1. The lowest BCUT2D eigenvalue weighted by molar-refractivity contribution is 0.569. The molecule has 0 saturated heterocycles. The smallest absolute Gasteiger partial charge is 0.123 e. The molecule has 1 heterocycles. The maximum Gasteiger partial charge on any atom is 0.123 e. The fraction of sp³-hybridized carbons (Fsp3) is 0.333. The number of nitrogens with one attached hydrogen (secondary N) is 1. The van der Waals surface area contributed by atoms with Crippen LogP contribution >= 0.6 is 11.3 Å². The fourth-order valence-electron chi connectivity index (χ4n) is 2.04. The van der Waals surface area contributed by atoms with Crippen LogP contribution in [0.5, 0.6) is 0 Å². The van der Waals surface area contributed by atoms with Crippen LogP contribution in [0, 0.1) is 5.82 Å². The Bertz CT molecular complexity index is 493. The molecule has 0 radical (unpaired) electrons. The molecule has 0 aliphatic rings. The van der Waals surface area contributed by atoms with Gasteiger partial charge in [0.25, 0.3) is 0 Å². The van der Waals surface area contributed by atoms with Crippen LogP contribution in [0.15, 0.2) is 35.0 Å². The van der Waals surface area contributed by atoms with Gasteiger partial charge in [-0.3, -0.25) is 0 Å². The van der Waals surface area contributed by atoms with Crippen molar-refractivity contribution in [1.29, 1.82) is 0 Å². The van der Waals surface area contributed by atoms with Gasteiger partial charge in [-0.25, -0.2) is 4.39 Å². The fourth-order valence-corrected chi connectivity index (χ4v) is 2.70. The Labute approximate surface area is 112 Å². The molecular formula is C15H18FNS. The molecule has 2 aromatic rings. The van der Waals surface area contributed by atoms with E-state index in [1.165, 1.54) is 6.07 Å². The number of thiophene rings is 1. The standard InChI is InChI=1S/C15H18FNS/c1-3-7-17-11(2)14-5-4-13(16)9-15(14)12-6-8-18-10-12/h4-6,8-11,17H,3,7H2,1-2H3. The Morgan fingerprint density at radius 2 is 2.17 bits per heavy atom. The second-order valence-electron chi connectivity index (χ2n) is 4.42. The van der Waals surface area contributed by atoms with Crippen molar-refractivity contribution in [3.05, 3.63) is 46.4 Å². The second-order valence-corrected chi connectivity index (χ2v) is 5.20. The van der Waals surface area contributed by atoms with Gasteiger partial charge in [0.1, 0.15) is 5.82 Å². The van der Waals surface area contributed by atoms with Crippen LogP contribution in [0.2, 0.25) is 0 Å². The van der Waals surface area contributed by atoms with Crippen molar-refractivity contribution in [3.63, 3.8) is 0 Å². The van der Waals surface area contributed by atoms with Crippen LogP contribution in [-0.2, 0) is 0 Å². The zero-order valence-corrected chi connectivity index (χ0v) is 11.6. The van der Waals surface area contributed by atoms with Crippen molar-refractivity contribution in [2.24, 2.45) is 0 Å². The number of benzene rings is 1. The molecule has 0 aliphatic carbocycles. The molecule has 1 aromatic heterocycles. The average molecular weight is 263 g/mol. The summed E-state index contributed by atoms with van der Waals surface area (Å²) in [5, 5.41) is 7.53. The van der Waals surface area contributed by atoms with E-state index in [2.05, 4.69) is 24.5 Å². The van der Waals surface area contributed by atoms with Gasteiger partial charge in [-0.15, -0.1) is 0 Å². The molecule has 0 spiro atoms. The molecule has 1 unspecified atom stereocenters. The van der Waals surface area contributed by atoms with Gasteiger partial charge in [-0.1, -0.05) is 13.0 Å². The van der Waals surface area contributed by atoms with Crippen molar-refractivity contribution in [3.8, 4) is 11.1 Å². The summed E-state index contributed by atoms with van der Waals surface area (Å²) >= 11 is 1.64. The summed E-state index contributed by atoms with van der Waals surface area (Å²) in [6, 6.07) is 7.32. The molecule has 2 rings (SSSR count). The lowest BCUT2D eigenvalue weighted by Gasteiger charge is -2.17. The largest absolute Gasteiger partial charge is 0.310 e. The highest BCUT2D eigenvalue weighted by Crippen LogP contribution is 2.30. The third-order valence-electron chi connectivity index (χ3n) is 3.01. The van der Waals surface area contributed by atoms with Crippen molar-refractivity contribution in [2.45, 2.75) is 26.3 Å². The van der Waals surface area contributed by atoms with E-state index < -0.39 is 0 Å². The first-order valence-corrected chi connectivity index (χ1v) is 7.22. The molecule has 1 atom stereocenters. The summed E-state index contributed by atoms with van der Waals surface area (Å²) in [5.74, 6) is -0.178. The third kappa shape index (κ3) is 2.98. The molecule has 0 fully saturated rings. The van der Waals surface area contributed by atoms with Gasteiger partial charge >= 0.3 is 0 Å². The quantitative estimate of drug-likeness (QED) is 0.830. The zero-order chi connectivity index (χ0) is 13.0. The number of hydrogen-bond acceptors (Lipinski definition) is 2. The normalized spacial score (nSPS) is 12.6. The topological polar surface area (TPSA) is 12.0 Å². The van der Waals surface area contributed by atoms with Crippen molar-refractivity contribution in [1.82, 2.24) is 5.32 Å². The first-order chi connectivity index (χ1) is 8.72. The Hall–Kier alpha value is -1.19. The first-order valence-electron chi connectivity index (χ1n) is 6.27. The van der Waals surface area contributed by atoms with E-state index >= 15 is 0 Å². The van der Waals surface area contributed by atoms with Gasteiger partial charge in [0.15, 0.2) is 0 Å². The van der Waals surface area contributed by atoms with E-state index in [1.807, 2.05) is 17.5 Å². The van der Waals surface area contributed by atoms with Crippen molar-refractivity contribution < 1.29 is 4.39 Å². The summed E-state index contributed by atoms with van der Waals surface area (Å²) < 4.78 is 13.4. The predicted octanol–water partition coefficient (Wildman–Crippen LogP) is 4.61. The third-order valence-corrected chi connectivity index (χ3v) is 3.70. The molecule has 0 amide bonds. The Kier molecular flexibility index (Phi) is 4.50. The summed E-state index contributed by atoms with van der Waals surface area (Å²) in [7, 11) is 0. The summed E-state index contributed by atoms with van der Waals surface area (Å²) in [6.07, 6.45) is 1.10. The Morgan fingerprint density at radius 1 is 1.33 bits per heavy atom. The molecule has 18 heavy (non-hydrogen) atoms. The molecule has 3 heteroatoms. The average Bonchev–Trinajstić information content (AvgIpc) is 2.89. The van der Waals surface area contributed by atoms with Gasteiger partial charge in [-0.2, -0.15) is 11.3 Å². The van der Waals surface area contributed by atoms with Crippen LogP contribution in [0.25, 0.3) is 11.1 Å². The summed E-state index contributed by atoms with van der Waals surface area (Å²) in [6.45, 7) is 5.24. The molecule has 0 bridgehead atoms. The Balaban J connectivity index is 2.35. The minimum atomic E-state index is -0.178. The lowest BCUT2D eigenvalue weighted by atomic mass is 9.97. The highest BCUT2D eigenvalue weighted by Gasteiger charge is 2.12. The van der Waals surface area contributed by atoms with E-state index in [9.17, 15) is 4.39 Å². The van der Waals surface area contributed by atoms with Gasteiger partial charge < -0.3 is 5.32 Å². The molecule has 1 nitrogen and oxygen atoms in total. The number of rotatable bonds is 5. The van der Waals surface area contributed by atoms with Gasteiger partial charge in [0.2, 0.25) is 0 Å². The Morgan fingerprint density at radius 3 is 2.83 bits per heavy atom. The summed E-state index contributed by atoms with van der Waals surface area (Å²) in [4.78, 5) is 0. The van der Waals surface area contributed by atoms with Gasteiger partial charge in [0, 0.05) is 6.04 Å². The minimum absolute atomic E-state index is 0.178. The van der Waals surface area contributed by atoms with Crippen LogP contribution in [0.4, 0.5) is 4.39 Å². The van der Waals surface area contributed by atoms with E-state index in [1.54, 1.807) is 17.4 Å². The maximum atomic E-state index is 13.4. The van der Waals surface area contributed by atoms with E-state index in [-0.39, 0.29) is 11.9 Å². The van der Waals surface area contributed by atoms with Crippen LogP contribution in [-0.4, -0.2) is 6.54 Å². The number of hydrogen-bond donors (Lipinski definition) is 1.